The van der Waals surface area contributed by atoms with Gasteiger partial charge in [-0.3, -0.25) is 4.79 Å². The van der Waals surface area contributed by atoms with Crippen molar-refractivity contribution in [2.45, 2.75) is 38.0 Å². The average molecular weight is 563 g/mol. The van der Waals surface area contributed by atoms with E-state index >= 15 is 0 Å². The molecule has 1 aromatic heterocycles. The molecule has 0 N–H and O–H groups in total. The first-order valence-electron chi connectivity index (χ1n) is 11.2. The molecular weight excluding hydrogens is 538 g/mol. The van der Waals surface area contributed by atoms with Crippen LogP contribution in [0.15, 0.2) is 44.7 Å². The van der Waals surface area contributed by atoms with Gasteiger partial charge in [-0.1, -0.05) is 46.8 Å². The van der Waals surface area contributed by atoms with E-state index in [0.29, 0.717) is 33.1 Å². The summed E-state index contributed by atoms with van der Waals surface area (Å²) in [6, 6.07) is 8.64. The standard InChI is InChI=1S/C25H25BrClN3O5/c1-33-21-12-18(27)10-16(23(21)35-14-22(31)34-2)13-28-30-24(15-6-4-3-5-7-15)29-20-9-8-17(26)11-19(20)25(30)32/h8-13,15H,3-7,14H2,1-2H3. The summed E-state index contributed by atoms with van der Waals surface area (Å²) < 4.78 is 17.9. The van der Waals surface area contributed by atoms with Crippen LogP contribution in [-0.4, -0.2) is 42.7 Å². The highest BCUT2D eigenvalue weighted by Crippen LogP contribution is 2.35. The fourth-order valence-corrected chi connectivity index (χ4v) is 4.78. The van der Waals surface area contributed by atoms with E-state index in [0.717, 1.165) is 30.2 Å². The molecule has 0 spiro atoms. The SMILES string of the molecule is COC(=O)COc1c(C=Nn2c(C3CCCCC3)nc3ccc(Br)cc3c2=O)cc(Cl)cc1OC. The third kappa shape index (κ3) is 5.67. The molecule has 1 saturated carbocycles. The highest BCUT2D eigenvalue weighted by atomic mass is 79.9. The van der Waals surface area contributed by atoms with E-state index in [2.05, 4.69) is 25.8 Å². The number of hydrogen-bond acceptors (Lipinski definition) is 7. The quantitative estimate of drug-likeness (QED) is 0.287. The van der Waals surface area contributed by atoms with E-state index in [1.807, 2.05) is 12.1 Å². The Labute approximate surface area is 216 Å². The van der Waals surface area contributed by atoms with Crippen LogP contribution in [-0.2, 0) is 9.53 Å². The molecule has 184 valence electrons. The number of esters is 1. The minimum absolute atomic E-state index is 0.130. The van der Waals surface area contributed by atoms with Crippen molar-refractivity contribution in [3.63, 3.8) is 0 Å². The second kappa shape index (κ2) is 11.2. The number of nitrogens with zero attached hydrogens (tertiary/aromatic N) is 3. The Morgan fingerprint density at radius 3 is 2.71 bits per heavy atom. The number of carbonyl (C=O) groups is 1. The number of benzene rings is 2. The van der Waals surface area contributed by atoms with Gasteiger partial charge in [-0.25, -0.2) is 9.78 Å². The van der Waals surface area contributed by atoms with Gasteiger partial charge in [0.05, 0.1) is 31.3 Å². The number of methoxy groups -OCH3 is 2. The molecule has 3 aromatic rings. The van der Waals surface area contributed by atoms with Gasteiger partial charge in [0.25, 0.3) is 5.56 Å². The van der Waals surface area contributed by atoms with Crippen LogP contribution in [0.25, 0.3) is 10.9 Å². The number of hydrogen-bond donors (Lipinski definition) is 0. The molecule has 4 rings (SSSR count). The molecule has 2 aromatic carbocycles. The molecule has 0 unspecified atom stereocenters. The normalized spacial score (nSPS) is 14.4. The third-order valence-electron chi connectivity index (χ3n) is 5.95. The molecule has 1 fully saturated rings. The Kier molecular flexibility index (Phi) is 8.07. The molecule has 0 aliphatic heterocycles. The van der Waals surface area contributed by atoms with Crippen LogP contribution < -0.4 is 15.0 Å². The predicted octanol–water partition coefficient (Wildman–Crippen LogP) is 5.30. The van der Waals surface area contributed by atoms with Crippen molar-refractivity contribution in [3.8, 4) is 11.5 Å². The number of aromatic nitrogens is 2. The molecule has 0 bridgehead atoms. The largest absolute Gasteiger partial charge is 0.493 e. The number of ether oxygens (including phenoxy) is 3. The molecule has 35 heavy (non-hydrogen) atoms. The van der Waals surface area contributed by atoms with Gasteiger partial charge in [0.2, 0.25) is 0 Å². The first kappa shape index (κ1) is 25.2. The van der Waals surface area contributed by atoms with Crippen LogP contribution in [0.5, 0.6) is 11.5 Å². The van der Waals surface area contributed by atoms with Crippen LogP contribution in [0.3, 0.4) is 0 Å². The van der Waals surface area contributed by atoms with E-state index < -0.39 is 5.97 Å². The maximum atomic E-state index is 13.5. The number of carbonyl (C=O) groups excluding carboxylic acids is 1. The molecule has 0 radical (unpaired) electrons. The molecule has 1 aliphatic rings. The Balaban J connectivity index is 1.84. The summed E-state index contributed by atoms with van der Waals surface area (Å²) in [6.07, 6.45) is 6.71. The molecule has 0 atom stereocenters. The second-order valence-electron chi connectivity index (χ2n) is 8.22. The van der Waals surface area contributed by atoms with Crippen molar-refractivity contribution in [1.82, 2.24) is 9.66 Å². The van der Waals surface area contributed by atoms with Gasteiger partial charge in [-0.15, -0.1) is 0 Å². The molecule has 0 amide bonds. The summed E-state index contributed by atoms with van der Waals surface area (Å²) in [7, 11) is 2.74. The van der Waals surface area contributed by atoms with Gasteiger partial charge in [0, 0.05) is 27.0 Å². The van der Waals surface area contributed by atoms with Crippen molar-refractivity contribution in [2.24, 2.45) is 5.10 Å². The summed E-state index contributed by atoms with van der Waals surface area (Å²) in [5.74, 6) is 0.792. The van der Waals surface area contributed by atoms with Crippen LogP contribution >= 0.6 is 27.5 Å². The zero-order chi connectivity index (χ0) is 24.9. The van der Waals surface area contributed by atoms with E-state index in [9.17, 15) is 9.59 Å². The maximum absolute atomic E-state index is 13.5. The number of fused-ring (bicyclic) bond motifs is 1. The van der Waals surface area contributed by atoms with E-state index in [-0.39, 0.29) is 23.8 Å². The first-order chi connectivity index (χ1) is 16.9. The van der Waals surface area contributed by atoms with Crippen molar-refractivity contribution in [2.75, 3.05) is 20.8 Å². The van der Waals surface area contributed by atoms with Crippen molar-refractivity contribution >= 4 is 50.6 Å². The summed E-state index contributed by atoms with van der Waals surface area (Å²) in [6.45, 7) is -0.325. The lowest BCUT2D eigenvalue weighted by molar-refractivity contribution is -0.142. The summed E-state index contributed by atoms with van der Waals surface area (Å²) >= 11 is 9.71. The lowest BCUT2D eigenvalue weighted by Crippen LogP contribution is -2.25. The highest BCUT2D eigenvalue weighted by molar-refractivity contribution is 9.10. The van der Waals surface area contributed by atoms with Gasteiger partial charge < -0.3 is 14.2 Å². The second-order valence-corrected chi connectivity index (χ2v) is 9.57. The molecule has 10 heteroatoms. The minimum Gasteiger partial charge on any atom is -0.493 e. The molecule has 1 aliphatic carbocycles. The van der Waals surface area contributed by atoms with E-state index in [1.54, 1.807) is 18.2 Å². The van der Waals surface area contributed by atoms with Crippen LogP contribution in [0, 0.1) is 0 Å². The Bertz CT molecular complexity index is 1330. The smallest absolute Gasteiger partial charge is 0.343 e. The molecular formula is C25H25BrClN3O5. The van der Waals surface area contributed by atoms with Gasteiger partial charge >= 0.3 is 5.97 Å². The minimum atomic E-state index is -0.551. The van der Waals surface area contributed by atoms with Crippen molar-refractivity contribution < 1.29 is 19.0 Å². The fraction of sp³-hybridized carbons (Fsp3) is 0.360. The summed E-state index contributed by atoms with van der Waals surface area (Å²) in [4.78, 5) is 30.0. The topological polar surface area (TPSA) is 92.0 Å². The van der Waals surface area contributed by atoms with Gasteiger partial charge in [-0.05, 0) is 37.1 Å². The zero-order valence-corrected chi connectivity index (χ0v) is 21.8. The van der Waals surface area contributed by atoms with Crippen molar-refractivity contribution in [3.05, 3.63) is 61.6 Å². The number of halogens is 2. The van der Waals surface area contributed by atoms with Crippen LogP contribution in [0.4, 0.5) is 0 Å². The third-order valence-corrected chi connectivity index (χ3v) is 6.66. The molecule has 8 nitrogen and oxygen atoms in total. The van der Waals surface area contributed by atoms with E-state index in [1.165, 1.54) is 31.5 Å². The van der Waals surface area contributed by atoms with Gasteiger partial charge in [0.1, 0.15) is 5.82 Å². The maximum Gasteiger partial charge on any atom is 0.343 e. The molecule has 0 saturated heterocycles. The molecule has 1 heterocycles. The Hall–Kier alpha value is -2.91. The average Bonchev–Trinajstić information content (AvgIpc) is 2.87. The number of rotatable bonds is 7. The summed E-state index contributed by atoms with van der Waals surface area (Å²) in [5, 5.41) is 5.39. The van der Waals surface area contributed by atoms with Gasteiger partial charge in [0.15, 0.2) is 18.1 Å². The Morgan fingerprint density at radius 1 is 1.23 bits per heavy atom. The lowest BCUT2D eigenvalue weighted by Gasteiger charge is -2.22. The van der Waals surface area contributed by atoms with E-state index in [4.69, 9.17) is 26.1 Å². The zero-order valence-electron chi connectivity index (χ0n) is 19.4. The lowest BCUT2D eigenvalue weighted by atomic mass is 9.88. The van der Waals surface area contributed by atoms with Crippen molar-refractivity contribution in [1.29, 1.82) is 0 Å². The first-order valence-corrected chi connectivity index (χ1v) is 12.4. The highest BCUT2D eigenvalue weighted by Gasteiger charge is 2.23. The van der Waals surface area contributed by atoms with Crippen LogP contribution in [0.2, 0.25) is 5.02 Å². The predicted molar refractivity (Wildman–Crippen MR) is 138 cm³/mol. The van der Waals surface area contributed by atoms with Gasteiger partial charge in [-0.2, -0.15) is 9.78 Å². The fourth-order valence-electron chi connectivity index (χ4n) is 4.20. The Morgan fingerprint density at radius 2 is 2.00 bits per heavy atom. The summed E-state index contributed by atoms with van der Waals surface area (Å²) in [5.41, 5.74) is 0.810. The monoisotopic (exact) mass is 561 g/mol. The van der Waals surface area contributed by atoms with Crippen LogP contribution in [0.1, 0.15) is 49.4 Å².